The largest absolute Gasteiger partial charge is 0.306 e. The maximum absolute atomic E-state index is 3.64. The molecule has 1 aromatic rings. The first-order chi connectivity index (χ1) is 6.68. The zero-order valence-corrected chi connectivity index (χ0v) is 10.3. The van der Waals surface area contributed by atoms with Gasteiger partial charge in [-0.25, -0.2) is 0 Å². The summed E-state index contributed by atoms with van der Waals surface area (Å²) in [5.41, 5.74) is 3.04. The summed E-state index contributed by atoms with van der Waals surface area (Å²) in [6.45, 7) is 0. The highest BCUT2D eigenvalue weighted by molar-refractivity contribution is 9.10. The van der Waals surface area contributed by atoms with Crippen molar-refractivity contribution in [2.45, 2.75) is 25.3 Å². The molecule has 0 bridgehead atoms. The topological polar surface area (TPSA) is 3.24 Å². The molecule has 1 aliphatic rings. The Morgan fingerprint density at radius 2 is 2.14 bits per heavy atom. The van der Waals surface area contributed by atoms with Gasteiger partial charge in [0.05, 0.1) is 0 Å². The van der Waals surface area contributed by atoms with Crippen molar-refractivity contribution >= 4 is 15.9 Å². The Kier molecular flexibility index (Phi) is 2.93. The maximum Gasteiger partial charge on any atom is 0.0210 e. The minimum atomic E-state index is 0.709. The van der Waals surface area contributed by atoms with Crippen LogP contribution in [0.4, 0.5) is 0 Å². The van der Waals surface area contributed by atoms with Gasteiger partial charge < -0.3 is 4.90 Å². The summed E-state index contributed by atoms with van der Waals surface area (Å²) in [6.07, 6.45) is 3.69. The molecule has 1 nitrogen and oxygen atoms in total. The molecule has 0 unspecified atom stereocenters. The first kappa shape index (κ1) is 10.2. The second-order valence-corrected chi connectivity index (χ2v) is 5.09. The molecule has 2 rings (SSSR count). The van der Waals surface area contributed by atoms with Crippen LogP contribution < -0.4 is 0 Å². The van der Waals surface area contributed by atoms with Crippen LogP contribution in [0.15, 0.2) is 22.7 Å². The normalized spacial score (nSPS) is 21.0. The molecule has 0 heterocycles. The zero-order valence-electron chi connectivity index (χ0n) is 8.76. The van der Waals surface area contributed by atoms with Crippen molar-refractivity contribution in [3.05, 3.63) is 33.8 Å². The quantitative estimate of drug-likeness (QED) is 0.744. The summed E-state index contributed by atoms with van der Waals surface area (Å²) in [5, 5.41) is 0. The zero-order chi connectivity index (χ0) is 10.1. The van der Waals surface area contributed by atoms with Gasteiger partial charge in [-0.3, -0.25) is 0 Å². The van der Waals surface area contributed by atoms with Gasteiger partial charge in [-0.2, -0.15) is 0 Å². The molecular weight excluding hydrogens is 238 g/mol. The van der Waals surface area contributed by atoms with Gasteiger partial charge in [-0.15, -0.1) is 0 Å². The summed E-state index contributed by atoms with van der Waals surface area (Å²) in [5.74, 6) is 0. The predicted octanol–water partition coefficient (Wildman–Crippen LogP) is 2.87. The standard InChI is InChI=1S/C12H16BrN/c1-14(2)10-7-6-9-4-3-5-12(13)11(9)8-10/h3-5,10H,6-8H2,1-2H3/t10-/m1/s1. The van der Waals surface area contributed by atoms with Gasteiger partial charge in [0, 0.05) is 10.5 Å². The monoisotopic (exact) mass is 253 g/mol. The van der Waals surface area contributed by atoms with Gasteiger partial charge in [-0.05, 0) is 50.6 Å². The Balaban J connectivity index is 2.29. The van der Waals surface area contributed by atoms with Crippen LogP contribution in [0, 0.1) is 0 Å². The van der Waals surface area contributed by atoms with Crippen molar-refractivity contribution in [2.24, 2.45) is 0 Å². The number of aryl methyl sites for hydroxylation is 1. The molecule has 2 heteroatoms. The number of hydrogen-bond donors (Lipinski definition) is 0. The molecule has 0 aliphatic heterocycles. The molecule has 0 saturated carbocycles. The van der Waals surface area contributed by atoms with Crippen molar-refractivity contribution < 1.29 is 0 Å². The Morgan fingerprint density at radius 3 is 2.86 bits per heavy atom. The highest BCUT2D eigenvalue weighted by Gasteiger charge is 2.21. The third-order valence-electron chi connectivity index (χ3n) is 3.13. The second-order valence-electron chi connectivity index (χ2n) is 4.24. The van der Waals surface area contributed by atoms with E-state index in [9.17, 15) is 0 Å². The maximum atomic E-state index is 3.64. The molecule has 14 heavy (non-hydrogen) atoms. The highest BCUT2D eigenvalue weighted by Crippen LogP contribution is 2.29. The molecule has 1 aliphatic carbocycles. The fourth-order valence-electron chi connectivity index (χ4n) is 2.17. The Bertz CT molecular complexity index is 333. The summed E-state index contributed by atoms with van der Waals surface area (Å²) in [7, 11) is 4.35. The van der Waals surface area contributed by atoms with Crippen LogP contribution in [-0.2, 0) is 12.8 Å². The van der Waals surface area contributed by atoms with E-state index in [0.717, 1.165) is 0 Å². The third kappa shape index (κ3) is 1.86. The number of halogens is 1. The van der Waals surface area contributed by atoms with Crippen molar-refractivity contribution in [3.63, 3.8) is 0 Å². The summed E-state index contributed by atoms with van der Waals surface area (Å²) < 4.78 is 1.28. The highest BCUT2D eigenvalue weighted by atomic mass is 79.9. The summed E-state index contributed by atoms with van der Waals surface area (Å²) in [6, 6.07) is 7.25. The van der Waals surface area contributed by atoms with E-state index in [1.807, 2.05) is 0 Å². The fraction of sp³-hybridized carbons (Fsp3) is 0.500. The van der Waals surface area contributed by atoms with E-state index in [1.54, 1.807) is 0 Å². The molecule has 1 atom stereocenters. The minimum absolute atomic E-state index is 0.709. The predicted molar refractivity (Wildman–Crippen MR) is 63.6 cm³/mol. The average Bonchev–Trinajstić information content (AvgIpc) is 2.18. The van der Waals surface area contributed by atoms with E-state index in [4.69, 9.17) is 0 Å². The van der Waals surface area contributed by atoms with Crippen LogP contribution in [-0.4, -0.2) is 25.0 Å². The van der Waals surface area contributed by atoms with Gasteiger partial charge in [0.15, 0.2) is 0 Å². The average molecular weight is 254 g/mol. The van der Waals surface area contributed by atoms with Crippen molar-refractivity contribution in [2.75, 3.05) is 14.1 Å². The third-order valence-corrected chi connectivity index (χ3v) is 3.88. The Morgan fingerprint density at radius 1 is 1.36 bits per heavy atom. The molecule has 1 aromatic carbocycles. The first-order valence-corrected chi connectivity index (χ1v) is 5.90. The molecule has 76 valence electrons. The molecule has 0 radical (unpaired) electrons. The molecule has 0 amide bonds. The van der Waals surface area contributed by atoms with Crippen molar-refractivity contribution in [1.82, 2.24) is 4.90 Å². The summed E-state index contributed by atoms with van der Waals surface area (Å²) >= 11 is 3.64. The number of likely N-dealkylation sites (N-methyl/N-ethyl adjacent to an activating group) is 1. The number of fused-ring (bicyclic) bond motifs is 1. The van der Waals surface area contributed by atoms with Crippen LogP contribution in [0.1, 0.15) is 17.5 Å². The van der Waals surface area contributed by atoms with Crippen LogP contribution in [0.25, 0.3) is 0 Å². The van der Waals surface area contributed by atoms with E-state index < -0.39 is 0 Å². The molecule has 0 aromatic heterocycles. The lowest BCUT2D eigenvalue weighted by molar-refractivity contribution is 0.268. The number of nitrogens with zero attached hydrogens (tertiary/aromatic N) is 1. The van der Waals surface area contributed by atoms with E-state index in [0.29, 0.717) is 6.04 Å². The van der Waals surface area contributed by atoms with Crippen LogP contribution in [0.5, 0.6) is 0 Å². The van der Waals surface area contributed by atoms with E-state index >= 15 is 0 Å². The molecule has 0 saturated heterocycles. The van der Waals surface area contributed by atoms with E-state index in [2.05, 4.69) is 53.1 Å². The molecule has 0 N–H and O–H groups in total. The van der Waals surface area contributed by atoms with Crippen molar-refractivity contribution in [3.8, 4) is 0 Å². The molecule has 0 fully saturated rings. The molecule has 0 spiro atoms. The van der Waals surface area contributed by atoms with E-state index in [-0.39, 0.29) is 0 Å². The van der Waals surface area contributed by atoms with Gasteiger partial charge in [0.2, 0.25) is 0 Å². The Hall–Kier alpha value is -0.340. The first-order valence-electron chi connectivity index (χ1n) is 5.11. The fourth-order valence-corrected chi connectivity index (χ4v) is 2.74. The van der Waals surface area contributed by atoms with Gasteiger partial charge in [0.1, 0.15) is 0 Å². The van der Waals surface area contributed by atoms with Crippen molar-refractivity contribution in [1.29, 1.82) is 0 Å². The van der Waals surface area contributed by atoms with Gasteiger partial charge in [-0.1, -0.05) is 28.1 Å². The Labute approximate surface area is 94.2 Å². The SMILES string of the molecule is CN(C)[C@@H]1CCc2cccc(Br)c2C1. The number of benzene rings is 1. The number of rotatable bonds is 1. The lowest BCUT2D eigenvalue weighted by Crippen LogP contribution is -2.33. The smallest absolute Gasteiger partial charge is 0.0210 e. The van der Waals surface area contributed by atoms with Crippen LogP contribution >= 0.6 is 15.9 Å². The lowest BCUT2D eigenvalue weighted by atomic mass is 9.88. The van der Waals surface area contributed by atoms with Crippen LogP contribution in [0.3, 0.4) is 0 Å². The molecular formula is C12H16BrN. The lowest BCUT2D eigenvalue weighted by Gasteiger charge is -2.30. The summed E-state index contributed by atoms with van der Waals surface area (Å²) in [4.78, 5) is 2.34. The van der Waals surface area contributed by atoms with Crippen LogP contribution in [0.2, 0.25) is 0 Å². The minimum Gasteiger partial charge on any atom is -0.306 e. The van der Waals surface area contributed by atoms with Gasteiger partial charge >= 0.3 is 0 Å². The second kappa shape index (κ2) is 4.03. The number of hydrogen-bond acceptors (Lipinski definition) is 1. The van der Waals surface area contributed by atoms with Gasteiger partial charge in [0.25, 0.3) is 0 Å². The van der Waals surface area contributed by atoms with E-state index in [1.165, 1.54) is 34.9 Å².